The molecule has 0 aliphatic carbocycles. The molecule has 0 atom stereocenters. The van der Waals surface area contributed by atoms with Gasteiger partial charge in [0, 0.05) is 18.8 Å². The molecule has 1 rings (SSSR count). The zero-order valence-electron chi connectivity index (χ0n) is 7.86. The summed E-state index contributed by atoms with van der Waals surface area (Å²) in [5, 5.41) is 0. The van der Waals surface area contributed by atoms with Crippen molar-refractivity contribution in [1.29, 1.82) is 0 Å². The van der Waals surface area contributed by atoms with Crippen LogP contribution < -0.4 is 0 Å². The van der Waals surface area contributed by atoms with Gasteiger partial charge in [0.15, 0.2) is 5.82 Å². The highest BCUT2D eigenvalue weighted by atomic mass is 19.1. The Hall–Kier alpha value is -1.52. The Bertz CT molecular complexity index is 300. The maximum atomic E-state index is 12.0. The Kier molecular flexibility index (Phi) is 3.97. The predicted octanol–water partition coefficient (Wildman–Crippen LogP) is 1.05. The molecule has 1 heterocycles. The molecule has 76 valence electrons. The third-order valence-corrected chi connectivity index (χ3v) is 1.72. The molecule has 0 saturated heterocycles. The molecule has 0 N–H and O–H groups in total. The molecule has 0 aliphatic heterocycles. The Morgan fingerprint density at radius 1 is 1.50 bits per heavy atom. The van der Waals surface area contributed by atoms with Crippen LogP contribution in [0.1, 0.15) is 17.8 Å². The number of esters is 1. The van der Waals surface area contributed by atoms with Gasteiger partial charge in [-0.15, -0.1) is 0 Å². The van der Waals surface area contributed by atoms with Crippen molar-refractivity contribution in [1.82, 2.24) is 9.97 Å². The summed E-state index contributed by atoms with van der Waals surface area (Å²) < 4.78 is 16.5. The first-order chi connectivity index (χ1) is 6.76. The molecule has 5 heteroatoms. The first-order valence-electron chi connectivity index (χ1n) is 4.19. The van der Waals surface area contributed by atoms with E-state index in [1.807, 2.05) is 0 Å². The Labute approximate surface area is 81.1 Å². The van der Waals surface area contributed by atoms with Crippen molar-refractivity contribution < 1.29 is 13.9 Å². The largest absolute Gasteiger partial charge is 0.469 e. The first kappa shape index (κ1) is 10.6. The SMILES string of the molecule is COC(=O)CCc1cnc(CF)nc1. The van der Waals surface area contributed by atoms with Gasteiger partial charge < -0.3 is 4.74 Å². The number of carbonyl (C=O) groups excluding carboxylic acids is 1. The molecule has 0 aliphatic rings. The number of aryl methyl sites for hydroxylation is 1. The van der Waals surface area contributed by atoms with Crippen LogP contribution in [0.4, 0.5) is 4.39 Å². The topological polar surface area (TPSA) is 52.1 Å². The van der Waals surface area contributed by atoms with Gasteiger partial charge in [-0.25, -0.2) is 14.4 Å². The number of ether oxygens (including phenoxy) is 1. The van der Waals surface area contributed by atoms with E-state index in [0.717, 1.165) is 5.56 Å². The molecule has 0 fully saturated rings. The lowest BCUT2D eigenvalue weighted by Crippen LogP contribution is -2.03. The lowest BCUT2D eigenvalue weighted by atomic mass is 10.2. The van der Waals surface area contributed by atoms with Gasteiger partial charge in [0.05, 0.1) is 7.11 Å². The highest BCUT2D eigenvalue weighted by Crippen LogP contribution is 2.01. The summed E-state index contributed by atoms with van der Waals surface area (Å²) in [6.07, 6.45) is 3.84. The zero-order valence-corrected chi connectivity index (χ0v) is 7.86. The maximum Gasteiger partial charge on any atom is 0.305 e. The van der Waals surface area contributed by atoms with Gasteiger partial charge in [-0.2, -0.15) is 0 Å². The van der Waals surface area contributed by atoms with E-state index in [-0.39, 0.29) is 18.2 Å². The fourth-order valence-electron chi connectivity index (χ4n) is 0.928. The first-order valence-corrected chi connectivity index (χ1v) is 4.19. The van der Waals surface area contributed by atoms with E-state index in [4.69, 9.17) is 0 Å². The number of rotatable bonds is 4. The minimum Gasteiger partial charge on any atom is -0.469 e. The third-order valence-electron chi connectivity index (χ3n) is 1.72. The molecule has 0 saturated carbocycles. The number of methoxy groups -OCH3 is 1. The predicted molar refractivity (Wildman–Crippen MR) is 47.2 cm³/mol. The van der Waals surface area contributed by atoms with Crippen LogP contribution in [-0.2, 0) is 22.6 Å². The Morgan fingerprint density at radius 3 is 2.64 bits per heavy atom. The van der Waals surface area contributed by atoms with Crippen LogP contribution in [-0.4, -0.2) is 23.0 Å². The van der Waals surface area contributed by atoms with Crippen molar-refractivity contribution in [3.05, 3.63) is 23.8 Å². The fraction of sp³-hybridized carbons (Fsp3) is 0.444. The maximum absolute atomic E-state index is 12.0. The van der Waals surface area contributed by atoms with Crippen LogP contribution in [0.15, 0.2) is 12.4 Å². The lowest BCUT2D eigenvalue weighted by molar-refractivity contribution is -0.140. The van der Waals surface area contributed by atoms with Crippen molar-refractivity contribution in [3.8, 4) is 0 Å². The Balaban J connectivity index is 2.47. The van der Waals surface area contributed by atoms with Gasteiger partial charge in [-0.3, -0.25) is 4.79 Å². The fourth-order valence-corrected chi connectivity index (χ4v) is 0.928. The van der Waals surface area contributed by atoms with Crippen molar-refractivity contribution in [3.63, 3.8) is 0 Å². The van der Waals surface area contributed by atoms with E-state index in [1.54, 1.807) is 0 Å². The summed E-state index contributed by atoms with van der Waals surface area (Å²) in [5.41, 5.74) is 0.799. The minimum atomic E-state index is -0.669. The van der Waals surface area contributed by atoms with Crippen LogP contribution in [0, 0.1) is 0 Å². The number of nitrogens with zero attached hydrogens (tertiary/aromatic N) is 2. The minimum absolute atomic E-state index is 0.159. The molecule has 0 radical (unpaired) electrons. The third kappa shape index (κ3) is 3.08. The van der Waals surface area contributed by atoms with Gasteiger partial charge in [-0.05, 0) is 12.0 Å². The summed E-state index contributed by atoms with van der Waals surface area (Å²) in [5.74, 6) is -0.119. The number of halogens is 1. The smallest absolute Gasteiger partial charge is 0.305 e. The highest BCUT2D eigenvalue weighted by molar-refractivity contribution is 5.69. The monoisotopic (exact) mass is 198 g/mol. The summed E-state index contributed by atoms with van der Waals surface area (Å²) in [6.45, 7) is -0.669. The van der Waals surface area contributed by atoms with Gasteiger partial charge >= 0.3 is 5.97 Å². The van der Waals surface area contributed by atoms with E-state index in [9.17, 15) is 9.18 Å². The van der Waals surface area contributed by atoms with Crippen molar-refractivity contribution in [2.45, 2.75) is 19.5 Å². The molecule has 4 nitrogen and oxygen atoms in total. The van der Waals surface area contributed by atoms with Gasteiger partial charge in [0.2, 0.25) is 0 Å². The number of aromatic nitrogens is 2. The lowest BCUT2D eigenvalue weighted by Gasteiger charge is -1.99. The molecule has 0 amide bonds. The molecule has 1 aromatic heterocycles. The van der Waals surface area contributed by atoms with Crippen LogP contribution in [0.3, 0.4) is 0 Å². The molecule has 1 aromatic rings. The zero-order chi connectivity index (χ0) is 10.4. The van der Waals surface area contributed by atoms with E-state index in [0.29, 0.717) is 6.42 Å². The quantitative estimate of drug-likeness (QED) is 0.678. The van der Waals surface area contributed by atoms with Crippen molar-refractivity contribution >= 4 is 5.97 Å². The molecule has 0 spiro atoms. The second kappa shape index (κ2) is 5.26. The highest BCUT2D eigenvalue weighted by Gasteiger charge is 2.02. The molecular weight excluding hydrogens is 187 g/mol. The van der Waals surface area contributed by atoms with Gasteiger partial charge in [0.1, 0.15) is 6.67 Å². The van der Waals surface area contributed by atoms with Crippen molar-refractivity contribution in [2.75, 3.05) is 7.11 Å². The summed E-state index contributed by atoms with van der Waals surface area (Å²) in [7, 11) is 1.34. The van der Waals surface area contributed by atoms with Crippen molar-refractivity contribution in [2.24, 2.45) is 0 Å². The van der Waals surface area contributed by atoms with E-state index in [2.05, 4.69) is 14.7 Å². The number of alkyl halides is 1. The molecule has 14 heavy (non-hydrogen) atoms. The number of hydrogen-bond donors (Lipinski definition) is 0. The summed E-state index contributed by atoms with van der Waals surface area (Å²) in [6, 6.07) is 0. The van der Waals surface area contributed by atoms with E-state index in [1.165, 1.54) is 19.5 Å². The van der Waals surface area contributed by atoms with Crippen LogP contribution >= 0.6 is 0 Å². The molecule has 0 aromatic carbocycles. The second-order valence-electron chi connectivity index (χ2n) is 2.72. The standard InChI is InChI=1S/C9H11FN2O2/c1-14-9(13)3-2-7-5-11-8(4-10)12-6-7/h5-6H,2-4H2,1H3. The normalized spacial score (nSPS) is 9.86. The summed E-state index contributed by atoms with van der Waals surface area (Å²) in [4.78, 5) is 18.3. The van der Waals surface area contributed by atoms with Gasteiger partial charge in [0.25, 0.3) is 0 Å². The average Bonchev–Trinajstić information content (AvgIpc) is 2.26. The molecule has 0 bridgehead atoms. The van der Waals surface area contributed by atoms with Crippen LogP contribution in [0.5, 0.6) is 0 Å². The number of hydrogen-bond acceptors (Lipinski definition) is 4. The Morgan fingerprint density at radius 2 is 2.14 bits per heavy atom. The van der Waals surface area contributed by atoms with E-state index < -0.39 is 6.67 Å². The molecule has 0 unspecified atom stereocenters. The second-order valence-corrected chi connectivity index (χ2v) is 2.72. The van der Waals surface area contributed by atoms with Crippen LogP contribution in [0.25, 0.3) is 0 Å². The average molecular weight is 198 g/mol. The van der Waals surface area contributed by atoms with E-state index >= 15 is 0 Å². The number of carbonyl (C=O) groups is 1. The molecular formula is C9H11FN2O2. The summed E-state index contributed by atoms with van der Waals surface area (Å²) >= 11 is 0. The van der Waals surface area contributed by atoms with Crippen LogP contribution in [0.2, 0.25) is 0 Å². The van der Waals surface area contributed by atoms with Gasteiger partial charge in [-0.1, -0.05) is 0 Å².